The number of carbonyl (C=O) groups is 1. The average Bonchev–Trinajstić information content (AvgIpc) is 3.26. The number of nitrogens with zero attached hydrogens (tertiary/aromatic N) is 5. The quantitative estimate of drug-likeness (QED) is 0.585. The van der Waals surface area contributed by atoms with Crippen LogP contribution in [-0.2, 0) is 30.8 Å². The number of fused-ring (bicyclic) bond motifs is 2. The van der Waals surface area contributed by atoms with E-state index < -0.39 is 0 Å². The van der Waals surface area contributed by atoms with Gasteiger partial charge in [0, 0.05) is 61.1 Å². The molecular weight excluding hydrogens is 434 g/mol. The summed E-state index contributed by atoms with van der Waals surface area (Å²) in [6.07, 6.45) is 8.35. The SMILES string of the molecule is Cc1cc(C2=NCc3cc4c(cc32)CN([C@@H]2CCCN(Cc3cnccc3C)C2)C(=O)C4)ccn1. The number of rotatable bonds is 4. The van der Waals surface area contributed by atoms with Crippen molar-refractivity contribution in [3.63, 3.8) is 0 Å². The topological polar surface area (TPSA) is 61.7 Å². The molecule has 0 N–H and O–H groups in total. The Morgan fingerprint density at radius 3 is 2.83 bits per heavy atom. The lowest BCUT2D eigenvalue weighted by Gasteiger charge is -2.41. The molecule has 5 heterocycles. The highest BCUT2D eigenvalue weighted by atomic mass is 16.2. The number of aromatic nitrogens is 2. The van der Waals surface area contributed by atoms with Crippen molar-refractivity contribution in [1.29, 1.82) is 0 Å². The fraction of sp³-hybridized carbons (Fsp3) is 0.379. The Morgan fingerprint density at radius 2 is 1.97 bits per heavy atom. The maximum absolute atomic E-state index is 13.3. The van der Waals surface area contributed by atoms with Gasteiger partial charge in [0.25, 0.3) is 0 Å². The van der Waals surface area contributed by atoms with E-state index in [9.17, 15) is 4.79 Å². The highest BCUT2D eigenvalue weighted by Crippen LogP contribution is 2.32. The molecule has 1 atom stereocenters. The molecule has 3 aliphatic heterocycles. The van der Waals surface area contributed by atoms with Gasteiger partial charge in [0.1, 0.15) is 0 Å². The number of aliphatic imine (C=N–C) groups is 1. The number of amides is 1. The number of hydrogen-bond acceptors (Lipinski definition) is 5. The lowest BCUT2D eigenvalue weighted by Crippen LogP contribution is -2.51. The Kier molecular flexibility index (Phi) is 5.69. The Bertz CT molecular complexity index is 1330. The highest BCUT2D eigenvalue weighted by molar-refractivity contribution is 6.15. The summed E-state index contributed by atoms with van der Waals surface area (Å²) >= 11 is 0. The van der Waals surface area contributed by atoms with Crippen LogP contribution < -0.4 is 0 Å². The molecule has 2 aromatic heterocycles. The Labute approximate surface area is 206 Å². The van der Waals surface area contributed by atoms with E-state index in [2.05, 4.69) is 51.0 Å². The Balaban J connectivity index is 1.22. The molecule has 178 valence electrons. The van der Waals surface area contributed by atoms with Crippen molar-refractivity contribution in [3.8, 4) is 0 Å². The molecule has 0 radical (unpaired) electrons. The van der Waals surface area contributed by atoms with Crippen LogP contribution in [-0.4, -0.2) is 50.5 Å². The Morgan fingerprint density at radius 1 is 1.06 bits per heavy atom. The molecule has 0 bridgehead atoms. The van der Waals surface area contributed by atoms with E-state index in [1.807, 2.05) is 31.6 Å². The monoisotopic (exact) mass is 465 g/mol. The maximum atomic E-state index is 13.3. The minimum Gasteiger partial charge on any atom is -0.334 e. The van der Waals surface area contributed by atoms with Crippen molar-refractivity contribution in [2.45, 2.75) is 58.8 Å². The molecule has 6 nitrogen and oxygen atoms in total. The van der Waals surface area contributed by atoms with E-state index in [1.54, 1.807) is 0 Å². The number of aryl methyl sites for hydroxylation is 2. The summed E-state index contributed by atoms with van der Waals surface area (Å²) in [5.41, 5.74) is 10.6. The molecule has 6 rings (SSSR count). The molecule has 1 saturated heterocycles. The summed E-state index contributed by atoms with van der Waals surface area (Å²) in [7, 11) is 0. The number of hydrogen-bond donors (Lipinski definition) is 0. The molecule has 3 aliphatic rings. The Hall–Kier alpha value is -3.38. The standard InChI is InChI=1S/C29H31N5O/c1-19-5-7-30-14-25(19)16-33-9-3-4-26(18-33)34-17-24-12-27-23(11-22(24)13-28(34)35)15-32-29(27)21-6-8-31-20(2)10-21/h5-8,10-12,14,26H,3-4,9,13,15-18H2,1-2H3/t26-/m1/s1. The molecule has 1 fully saturated rings. The van der Waals surface area contributed by atoms with Gasteiger partial charge in [-0.3, -0.25) is 24.7 Å². The van der Waals surface area contributed by atoms with Gasteiger partial charge in [-0.05, 0) is 85.3 Å². The van der Waals surface area contributed by atoms with Crippen molar-refractivity contribution < 1.29 is 4.79 Å². The molecular formula is C29H31N5O. The van der Waals surface area contributed by atoms with E-state index >= 15 is 0 Å². The van der Waals surface area contributed by atoms with Gasteiger partial charge >= 0.3 is 0 Å². The second kappa shape index (κ2) is 9.00. The van der Waals surface area contributed by atoms with Gasteiger partial charge in [-0.15, -0.1) is 0 Å². The summed E-state index contributed by atoms with van der Waals surface area (Å²) in [5, 5.41) is 0. The molecule has 35 heavy (non-hydrogen) atoms. The van der Waals surface area contributed by atoms with Crippen LogP contribution in [0.1, 0.15) is 57.5 Å². The van der Waals surface area contributed by atoms with Crippen molar-refractivity contribution in [2.24, 2.45) is 4.99 Å². The first-order valence-electron chi connectivity index (χ1n) is 12.6. The van der Waals surface area contributed by atoms with Crippen LogP contribution in [0.5, 0.6) is 0 Å². The fourth-order valence-corrected chi connectivity index (χ4v) is 5.79. The average molecular weight is 466 g/mol. The van der Waals surface area contributed by atoms with E-state index in [-0.39, 0.29) is 11.9 Å². The molecule has 0 unspecified atom stereocenters. The third kappa shape index (κ3) is 4.27. The van der Waals surface area contributed by atoms with Gasteiger partial charge < -0.3 is 4.90 Å². The zero-order chi connectivity index (χ0) is 23.9. The van der Waals surface area contributed by atoms with Gasteiger partial charge in [0.05, 0.1) is 18.7 Å². The molecule has 1 amide bonds. The number of piperidine rings is 1. The minimum absolute atomic E-state index is 0.255. The van der Waals surface area contributed by atoms with Crippen molar-refractivity contribution in [3.05, 3.63) is 93.6 Å². The molecule has 0 spiro atoms. The number of carbonyl (C=O) groups excluding carboxylic acids is 1. The summed E-state index contributed by atoms with van der Waals surface area (Å²) in [5.74, 6) is 0.255. The van der Waals surface area contributed by atoms with E-state index in [1.165, 1.54) is 33.4 Å². The summed E-state index contributed by atoms with van der Waals surface area (Å²) in [6.45, 7) is 8.42. The van der Waals surface area contributed by atoms with Gasteiger partial charge in [-0.2, -0.15) is 0 Å². The lowest BCUT2D eigenvalue weighted by atomic mass is 9.90. The highest BCUT2D eigenvalue weighted by Gasteiger charge is 2.33. The van der Waals surface area contributed by atoms with Crippen LogP contribution >= 0.6 is 0 Å². The smallest absolute Gasteiger partial charge is 0.227 e. The summed E-state index contributed by atoms with van der Waals surface area (Å²) in [6, 6.07) is 11.0. The zero-order valence-corrected chi connectivity index (χ0v) is 20.5. The predicted octanol–water partition coefficient (Wildman–Crippen LogP) is 3.99. The summed E-state index contributed by atoms with van der Waals surface area (Å²) in [4.78, 5) is 31.4. The lowest BCUT2D eigenvalue weighted by molar-refractivity contribution is -0.135. The van der Waals surface area contributed by atoms with Crippen molar-refractivity contribution in [1.82, 2.24) is 19.8 Å². The molecule has 3 aromatic rings. The van der Waals surface area contributed by atoms with Gasteiger partial charge in [-0.1, -0.05) is 6.07 Å². The second-order valence-corrected chi connectivity index (χ2v) is 10.2. The number of benzene rings is 1. The van der Waals surface area contributed by atoms with Gasteiger partial charge in [-0.25, -0.2) is 0 Å². The van der Waals surface area contributed by atoms with E-state index in [4.69, 9.17) is 4.99 Å². The van der Waals surface area contributed by atoms with Crippen LogP contribution in [0, 0.1) is 13.8 Å². The van der Waals surface area contributed by atoms with Gasteiger partial charge in [0.2, 0.25) is 5.91 Å². The van der Waals surface area contributed by atoms with E-state index in [0.29, 0.717) is 19.5 Å². The molecule has 0 aliphatic carbocycles. The number of likely N-dealkylation sites (tertiary alicyclic amines) is 1. The first kappa shape index (κ1) is 22.1. The second-order valence-electron chi connectivity index (χ2n) is 10.2. The van der Waals surface area contributed by atoms with Crippen LogP contribution in [0.4, 0.5) is 0 Å². The summed E-state index contributed by atoms with van der Waals surface area (Å²) < 4.78 is 0. The largest absolute Gasteiger partial charge is 0.334 e. The molecule has 6 heteroatoms. The third-order valence-corrected chi connectivity index (χ3v) is 7.72. The molecule has 1 aromatic carbocycles. The normalized spacial score (nSPS) is 19.9. The zero-order valence-electron chi connectivity index (χ0n) is 20.5. The third-order valence-electron chi connectivity index (χ3n) is 7.72. The maximum Gasteiger partial charge on any atom is 0.227 e. The van der Waals surface area contributed by atoms with Crippen molar-refractivity contribution >= 4 is 11.6 Å². The number of pyridine rings is 2. The first-order valence-corrected chi connectivity index (χ1v) is 12.6. The van der Waals surface area contributed by atoms with E-state index in [0.717, 1.165) is 49.4 Å². The fourth-order valence-electron chi connectivity index (χ4n) is 5.79. The van der Waals surface area contributed by atoms with Crippen LogP contribution in [0.15, 0.2) is 53.9 Å². The predicted molar refractivity (Wildman–Crippen MR) is 136 cm³/mol. The van der Waals surface area contributed by atoms with Gasteiger partial charge in [0.15, 0.2) is 0 Å². The first-order chi connectivity index (χ1) is 17.0. The molecule has 0 saturated carbocycles. The van der Waals surface area contributed by atoms with Crippen LogP contribution in [0.25, 0.3) is 0 Å². The van der Waals surface area contributed by atoms with Crippen molar-refractivity contribution in [2.75, 3.05) is 13.1 Å². The van der Waals surface area contributed by atoms with Crippen LogP contribution in [0.3, 0.4) is 0 Å². The minimum atomic E-state index is 0.255. The van der Waals surface area contributed by atoms with Crippen LogP contribution in [0.2, 0.25) is 0 Å².